The molecule has 100 valence electrons. The highest BCUT2D eigenvalue weighted by molar-refractivity contribution is 6.34. The number of hydrogen-bond acceptors (Lipinski definition) is 3. The molecule has 1 aliphatic heterocycles. The van der Waals surface area contributed by atoms with Gasteiger partial charge in [-0.3, -0.25) is 14.4 Å². The van der Waals surface area contributed by atoms with Crippen molar-refractivity contribution in [1.29, 1.82) is 0 Å². The Morgan fingerprint density at radius 3 is 2.53 bits per heavy atom. The fourth-order valence-electron chi connectivity index (χ4n) is 2.02. The largest absolute Gasteiger partial charge is 0.369 e. The Morgan fingerprint density at radius 1 is 1.32 bits per heavy atom. The van der Waals surface area contributed by atoms with E-state index in [1.165, 1.54) is 17.0 Å². The highest BCUT2D eigenvalue weighted by Crippen LogP contribution is 2.28. The number of halogens is 1. The smallest absolute Gasteiger partial charge is 0.250 e. The van der Waals surface area contributed by atoms with Crippen molar-refractivity contribution in [3.63, 3.8) is 0 Å². The molecule has 3 amide bonds. The molecule has 0 bridgehead atoms. The van der Waals surface area contributed by atoms with E-state index in [1.54, 1.807) is 6.07 Å². The number of nitrogens with zero attached hydrogens (tertiary/aromatic N) is 1. The number of carbonyl (C=O) groups excluding carboxylic acids is 3. The minimum atomic E-state index is -0.676. The molecule has 19 heavy (non-hydrogen) atoms. The van der Waals surface area contributed by atoms with Gasteiger partial charge in [0.25, 0.3) is 0 Å². The van der Waals surface area contributed by atoms with Crippen LogP contribution in [0.4, 0.5) is 5.69 Å². The third kappa shape index (κ3) is 2.53. The summed E-state index contributed by atoms with van der Waals surface area (Å²) < 4.78 is 0. The molecule has 1 heterocycles. The van der Waals surface area contributed by atoms with E-state index in [0.717, 1.165) is 0 Å². The van der Waals surface area contributed by atoms with E-state index in [4.69, 9.17) is 23.1 Å². The molecule has 0 aromatic heterocycles. The Hall–Kier alpha value is -2.08. The summed E-state index contributed by atoms with van der Waals surface area (Å²) in [6.45, 7) is 0.202. The first-order chi connectivity index (χ1) is 8.90. The molecule has 1 aromatic carbocycles. The van der Waals surface area contributed by atoms with Gasteiger partial charge < -0.3 is 16.4 Å². The lowest BCUT2D eigenvalue weighted by Crippen LogP contribution is -2.28. The van der Waals surface area contributed by atoms with E-state index in [9.17, 15) is 14.4 Å². The molecule has 7 heteroatoms. The predicted octanol–water partition coefficient (Wildman–Crippen LogP) is 0.277. The molecule has 0 unspecified atom stereocenters. The number of benzene rings is 1. The number of rotatable bonds is 3. The molecule has 1 atom stereocenters. The summed E-state index contributed by atoms with van der Waals surface area (Å²) >= 11 is 5.84. The minimum Gasteiger partial charge on any atom is -0.369 e. The zero-order valence-electron chi connectivity index (χ0n) is 9.93. The van der Waals surface area contributed by atoms with Crippen molar-refractivity contribution in [2.45, 2.75) is 6.42 Å². The topological polar surface area (TPSA) is 106 Å². The van der Waals surface area contributed by atoms with Crippen LogP contribution in [-0.4, -0.2) is 24.3 Å². The van der Waals surface area contributed by atoms with Crippen LogP contribution in [0.15, 0.2) is 18.2 Å². The Labute approximate surface area is 114 Å². The fraction of sp³-hybridized carbons (Fsp3) is 0.250. The molecule has 1 aromatic rings. The molecule has 1 fully saturated rings. The van der Waals surface area contributed by atoms with Gasteiger partial charge in [0.1, 0.15) is 0 Å². The molecule has 1 aliphatic rings. The lowest BCUT2D eigenvalue weighted by Gasteiger charge is -2.17. The Kier molecular flexibility index (Phi) is 3.44. The van der Waals surface area contributed by atoms with Crippen LogP contribution < -0.4 is 16.4 Å². The summed E-state index contributed by atoms with van der Waals surface area (Å²) in [6.07, 6.45) is 0.0733. The van der Waals surface area contributed by atoms with E-state index in [2.05, 4.69) is 0 Å². The second-order valence-corrected chi connectivity index (χ2v) is 4.74. The monoisotopic (exact) mass is 281 g/mol. The van der Waals surface area contributed by atoms with E-state index in [1.807, 2.05) is 0 Å². The van der Waals surface area contributed by atoms with Gasteiger partial charge >= 0.3 is 0 Å². The molecule has 0 radical (unpaired) electrons. The maximum absolute atomic E-state index is 11.8. The molecule has 0 spiro atoms. The van der Waals surface area contributed by atoms with Crippen molar-refractivity contribution in [3.05, 3.63) is 28.8 Å². The number of nitrogens with two attached hydrogens (primary N) is 2. The van der Waals surface area contributed by atoms with Crippen LogP contribution in [0.5, 0.6) is 0 Å². The number of hydrogen-bond donors (Lipinski definition) is 2. The summed E-state index contributed by atoms with van der Waals surface area (Å²) in [5.41, 5.74) is 11.0. The third-order valence-corrected chi connectivity index (χ3v) is 3.38. The van der Waals surface area contributed by atoms with Gasteiger partial charge in [-0.05, 0) is 18.2 Å². The second kappa shape index (κ2) is 4.89. The predicted molar refractivity (Wildman–Crippen MR) is 69.6 cm³/mol. The molecule has 0 aliphatic carbocycles. The molecule has 6 nitrogen and oxygen atoms in total. The maximum Gasteiger partial charge on any atom is 0.250 e. The van der Waals surface area contributed by atoms with Crippen molar-refractivity contribution in [2.75, 3.05) is 11.4 Å². The highest BCUT2D eigenvalue weighted by atomic mass is 35.5. The van der Waals surface area contributed by atoms with E-state index in [-0.39, 0.29) is 29.5 Å². The van der Waals surface area contributed by atoms with Crippen molar-refractivity contribution in [3.8, 4) is 0 Å². The van der Waals surface area contributed by atoms with Crippen LogP contribution in [0.2, 0.25) is 5.02 Å². The van der Waals surface area contributed by atoms with Gasteiger partial charge in [0, 0.05) is 18.7 Å². The van der Waals surface area contributed by atoms with Gasteiger partial charge in [-0.15, -0.1) is 0 Å². The van der Waals surface area contributed by atoms with Crippen LogP contribution >= 0.6 is 11.6 Å². The van der Waals surface area contributed by atoms with Crippen LogP contribution in [0, 0.1) is 5.92 Å². The first kappa shape index (κ1) is 13.4. The van der Waals surface area contributed by atoms with Crippen LogP contribution in [0.3, 0.4) is 0 Å². The number of anilines is 1. The van der Waals surface area contributed by atoms with Crippen LogP contribution in [-0.2, 0) is 9.59 Å². The summed E-state index contributed by atoms with van der Waals surface area (Å²) in [6, 6.07) is 4.52. The number of carbonyl (C=O) groups is 3. The minimum absolute atomic E-state index is 0.0733. The van der Waals surface area contributed by atoms with Crippen molar-refractivity contribution >= 4 is 35.0 Å². The van der Waals surface area contributed by atoms with Crippen LogP contribution in [0.25, 0.3) is 0 Å². The maximum atomic E-state index is 11.8. The number of primary amides is 2. The van der Waals surface area contributed by atoms with E-state index < -0.39 is 17.7 Å². The van der Waals surface area contributed by atoms with Crippen molar-refractivity contribution in [1.82, 2.24) is 0 Å². The van der Waals surface area contributed by atoms with Gasteiger partial charge in [0.15, 0.2) is 0 Å². The molecular formula is C12H12ClN3O3. The molecule has 4 N–H and O–H groups in total. The lowest BCUT2D eigenvalue weighted by molar-refractivity contribution is -0.123. The summed E-state index contributed by atoms with van der Waals surface area (Å²) in [7, 11) is 0. The first-order valence-electron chi connectivity index (χ1n) is 5.59. The average molecular weight is 282 g/mol. The Morgan fingerprint density at radius 2 is 2.00 bits per heavy atom. The number of amides is 3. The SMILES string of the molecule is NC(=O)c1cc(N2C[C@@H](C(N)=O)CC2=O)ccc1Cl. The van der Waals surface area contributed by atoms with E-state index in [0.29, 0.717) is 5.69 Å². The molecule has 2 rings (SSSR count). The van der Waals surface area contributed by atoms with Crippen molar-refractivity contribution < 1.29 is 14.4 Å². The van der Waals surface area contributed by atoms with Crippen LogP contribution in [0.1, 0.15) is 16.8 Å². The summed E-state index contributed by atoms with van der Waals surface area (Å²) in [5, 5.41) is 0.217. The van der Waals surface area contributed by atoms with Gasteiger partial charge in [-0.1, -0.05) is 11.6 Å². The van der Waals surface area contributed by atoms with E-state index >= 15 is 0 Å². The average Bonchev–Trinajstić information content (AvgIpc) is 2.72. The van der Waals surface area contributed by atoms with Gasteiger partial charge in [-0.2, -0.15) is 0 Å². The van der Waals surface area contributed by atoms with Crippen molar-refractivity contribution in [2.24, 2.45) is 17.4 Å². The fourth-order valence-corrected chi connectivity index (χ4v) is 2.23. The molecular weight excluding hydrogens is 270 g/mol. The Balaban J connectivity index is 2.33. The molecule has 1 saturated heterocycles. The zero-order chi connectivity index (χ0) is 14.2. The second-order valence-electron chi connectivity index (χ2n) is 4.34. The summed E-state index contributed by atoms with van der Waals surface area (Å²) in [4.78, 5) is 35.5. The zero-order valence-corrected chi connectivity index (χ0v) is 10.7. The quantitative estimate of drug-likeness (QED) is 0.831. The van der Waals surface area contributed by atoms with Gasteiger partial charge in [0.2, 0.25) is 17.7 Å². The highest BCUT2D eigenvalue weighted by Gasteiger charge is 2.34. The lowest BCUT2D eigenvalue weighted by atomic mass is 10.1. The Bertz CT molecular complexity index is 573. The van der Waals surface area contributed by atoms with Gasteiger partial charge in [0.05, 0.1) is 16.5 Å². The first-order valence-corrected chi connectivity index (χ1v) is 5.97. The van der Waals surface area contributed by atoms with Gasteiger partial charge in [-0.25, -0.2) is 0 Å². The third-order valence-electron chi connectivity index (χ3n) is 3.05. The normalized spacial score (nSPS) is 18.7. The summed E-state index contributed by atoms with van der Waals surface area (Å²) in [5.74, 6) is -1.92. The standard InChI is InChI=1S/C12H12ClN3O3/c13-9-2-1-7(4-8(9)12(15)19)16-5-6(11(14)18)3-10(16)17/h1-2,4,6H,3,5H2,(H2,14,18)(H2,15,19)/t6-/m0/s1. The molecule has 0 saturated carbocycles.